The number of hydrogen-bond donors (Lipinski definition) is 1. The number of halogens is 3. The lowest BCUT2D eigenvalue weighted by Gasteiger charge is -2.35. The molecule has 1 rings (SSSR count). The fourth-order valence-electron chi connectivity index (χ4n) is 2.16. The number of carbonyl (C=O) groups is 1. The maximum absolute atomic E-state index is 14.4. The Morgan fingerprint density at radius 2 is 1.96 bits per heavy atom. The van der Waals surface area contributed by atoms with Gasteiger partial charge in [0.1, 0.15) is 17.0 Å². The fourth-order valence-corrected chi connectivity index (χ4v) is 3.06. The molecule has 148 valence electrons. The number of benzene rings is 1. The van der Waals surface area contributed by atoms with Crippen LogP contribution in [0, 0.1) is 11.6 Å². The average Bonchev–Trinajstić information content (AvgIpc) is 2.56. The van der Waals surface area contributed by atoms with Crippen molar-refractivity contribution in [2.45, 2.75) is 57.2 Å². The van der Waals surface area contributed by atoms with Gasteiger partial charge in [-0.25, -0.2) is 13.2 Å². The monoisotopic (exact) mass is 393 g/mol. The van der Waals surface area contributed by atoms with Gasteiger partial charge in [0.05, 0.1) is 13.0 Å². The van der Waals surface area contributed by atoms with E-state index < -0.39 is 57.9 Å². The van der Waals surface area contributed by atoms with Crippen molar-refractivity contribution in [3.8, 4) is 0 Å². The van der Waals surface area contributed by atoms with Crippen LogP contribution in [0.3, 0.4) is 0 Å². The molecular weight excluding hydrogens is 367 g/mol. The van der Waals surface area contributed by atoms with Gasteiger partial charge in [-0.15, -0.1) is 4.72 Å². The highest BCUT2D eigenvalue weighted by atomic mass is 32.2. The Labute approximate surface area is 155 Å². The molecule has 0 saturated carbocycles. The van der Waals surface area contributed by atoms with Crippen LogP contribution in [0.2, 0.25) is 0 Å². The minimum absolute atomic E-state index is 0.145. The highest BCUT2D eigenvalue weighted by Crippen LogP contribution is 2.32. The van der Waals surface area contributed by atoms with E-state index in [2.05, 4.69) is 4.72 Å². The average molecular weight is 393 g/mol. The van der Waals surface area contributed by atoms with E-state index in [4.69, 9.17) is 4.74 Å². The molecule has 1 aromatic carbocycles. The van der Waals surface area contributed by atoms with Crippen LogP contribution in [-0.2, 0) is 26.4 Å². The summed E-state index contributed by atoms with van der Waals surface area (Å²) in [5.74, 6) is -3.24. The van der Waals surface area contributed by atoms with Crippen molar-refractivity contribution in [3.05, 3.63) is 35.4 Å². The Morgan fingerprint density at radius 3 is 2.50 bits per heavy atom. The Hall–Kier alpha value is -1.25. The van der Waals surface area contributed by atoms with Crippen molar-refractivity contribution in [1.29, 1.82) is 0 Å². The number of hydrogen-bond acceptors (Lipinski definition) is 4. The van der Waals surface area contributed by atoms with Crippen LogP contribution in [0.5, 0.6) is 0 Å². The summed E-state index contributed by atoms with van der Waals surface area (Å²) in [7, 11) is 0. The lowest BCUT2D eigenvalue weighted by atomic mass is 9.88. The Morgan fingerprint density at radius 1 is 1.31 bits per heavy atom. The van der Waals surface area contributed by atoms with Gasteiger partial charge in [0.2, 0.25) is 0 Å². The summed E-state index contributed by atoms with van der Waals surface area (Å²) in [5.41, 5.74) is -2.39. The minimum Gasteiger partial charge on any atom is -0.598 e. The van der Waals surface area contributed by atoms with Crippen molar-refractivity contribution < 1.29 is 27.3 Å². The summed E-state index contributed by atoms with van der Waals surface area (Å²) in [4.78, 5) is 12.1. The lowest BCUT2D eigenvalue weighted by molar-refractivity contribution is -0.145. The molecule has 0 amide bonds. The summed E-state index contributed by atoms with van der Waals surface area (Å²) in [6.07, 6.45) is 0.811. The van der Waals surface area contributed by atoms with Crippen LogP contribution in [0.1, 0.15) is 52.5 Å². The highest BCUT2D eigenvalue weighted by Gasteiger charge is 2.45. The molecule has 0 bridgehead atoms. The van der Waals surface area contributed by atoms with E-state index >= 15 is 0 Å². The summed E-state index contributed by atoms with van der Waals surface area (Å²) < 4.78 is 61.4. The molecule has 0 saturated heterocycles. The maximum Gasteiger partial charge on any atom is 0.308 e. The van der Waals surface area contributed by atoms with Crippen LogP contribution >= 0.6 is 0 Å². The molecule has 0 aliphatic rings. The highest BCUT2D eigenvalue weighted by molar-refractivity contribution is 7.90. The van der Waals surface area contributed by atoms with Crippen LogP contribution in [-0.4, -0.2) is 28.6 Å². The third-order valence-electron chi connectivity index (χ3n) is 3.75. The van der Waals surface area contributed by atoms with Crippen LogP contribution in [0.4, 0.5) is 13.2 Å². The number of ether oxygens (including phenoxy) is 1. The predicted octanol–water partition coefficient (Wildman–Crippen LogP) is 3.91. The fraction of sp³-hybridized carbons (Fsp3) is 0.611. The van der Waals surface area contributed by atoms with Gasteiger partial charge in [-0.05, 0) is 33.3 Å². The normalized spacial score (nSPS) is 15.4. The van der Waals surface area contributed by atoms with E-state index in [1.807, 2.05) is 6.92 Å². The van der Waals surface area contributed by atoms with Crippen molar-refractivity contribution in [3.63, 3.8) is 0 Å². The van der Waals surface area contributed by atoms with Gasteiger partial charge in [0, 0.05) is 16.9 Å². The molecule has 0 aliphatic carbocycles. The predicted molar refractivity (Wildman–Crippen MR) is 95.5 cm³/mol. The molecule has 1 unspecified atom stereocenters. The Kier molecular flexibility index (Phi) is 8.43. The molecule has 0 spiro atoms. The molecular formula is C18H26F3NO3S. The molecule has 0 aromatic heterocycles. The summed E-state index contributed by atoms with van der Waals surface area (Å²) in [5, 5.41) is 0. The number of esters is 1. The number of nitrogens with one attached hydrogen (secondary N) is 1. The van der Waals surface area contributed by atoms with Crippen LogP contribution in [0.15, 0.2) is 18.2 Å². The first-order valence-corrected chi connectivity index (χ1v) is 9.58. The zero-order chi connectivity index (χ0) is 20.0. The first-order chi connectivity index (χ1) is 12.1. The van der Waals surface area contributed by atoms with Gasteiger partial charge in [-0.1, -0.05) is 25.5 Å². The standard InChI is InChI=1S/C18H26F3NO3S/c1-5-6-10-25-15(23)11-18(12-19,22-26(24)17(2,3)4)13-8-7-9-14(20)16(13)21/h7-9,22H,5-6,10-12H2,1-4H3/t18?,26-/m1/s1. The Balaban J connectivity index is 3.25. The second-order valence-electron chi connectivity index (χ2n) is 7.05. The third kappa shape index (κ3) is 5.89. The molecule has 4 nitrogen and oxygen atoms in total. The number of alkyl halides is 1. The van der Waals surface area contributed by atoms with Gasteiger partial charge < -0.3 is 9.29 Å². The smallest absolute Gasteiger partial charge is 0.308 e. The van der Waals surface area contributed by atoms with Gasteiger partial charge in [0.15, 0.2) is 11.6 Å². The van der Waals surface area contributed by atoms with Gasteiger partial charge in [0.25, 0.3) is 0 Å². The quantitative estimate of drug-likeness (QED) is 0.393. The Bertz CT molecular complexity index is 610. The van der Waals surface area contributed by atoms with Crippen molar-refractivity contribution in [1.82, 2.24) is 4.72 Å². The summed E-state index contributed by atoms with van der Waals surface area (Å²) in [6.45, 7) is 5.71. The lowest BCUT2D eigenvalue weighted by Crippen LogP contribution is -2.54. The maximum atomic E-state index is 14.4. The number of carbonyl (C=O) groups excluding carboxylic acids is 1. The zero-order valence-electron chi connectivity index (χ0n) is 15.5. The molecule has 0 fully saturated rings. The van der Waals surface area contributed by atoms with Gasteiger partial charge >= 0.3 is 5.97 Å². The van der Waals surface area contributed by atoms with Gasteiger partial charge in [-0.3, -0.25) is 4.79 Å². The molecule has 8 heteroatoms. The van der Waals surface area contributed by atoms with E-state index in [1.54, 1.807) is 20.8 Å². The largest absolute Gasteiger partial charge is 0.598 e. The topological polar surface area (TPSA) is 61.4 Å². The first kappa shape index (κ1) is 22.8. The second kappa shape index (κ2) is 9.62. The van der Waals surface area contributed by atoms with E-state index in [-0.39, 0.29) is 6.61 Å². The molecule has 0 radical (unpaired) electrons. The summed E-state index contributed by atoms with van der Waals surface area (Å²) >= 11 is -1.83. The molecule has 2 atom stereocenters. The van der Waals surface area contributed by atoms with E-state index in [9.17, 15) is 22.5 Å². The molecule has 26 heavy (non-hydrogen) atoms. The molecule has 0 heterocycles. The van der Waals surface area contributed by atoms with Crippen LogP contribution in [0.25, 0.3) is 0 Å². The molecule has 1 aromatic rings. The number of unbranched alkanes of at least 4 members (excludes halogenated alkanes) is 1. The number of rotatable bonds is 9. The van der Waals surface area contributed by atoms with E-state index in [0.29, 0.717) is 6.42 Å². The SMILES string of the molecule is CCCCOC(=O)CC(CF)(N[S@+]([O-])C(C)(C)C)c1cccc(F)c1F. The van der Waals surface area contributed by atoms with Crippen LogP contribution < -0.4 is 4.72 Å². The molecule has 0 aliphatic heterocycles. The summed E-state index contributed by atoms with van der Waals surface area (Å²) in [6, 6.07) is 3.27. The third-order valence-corrected chi connectivity index (χ3v) is 5.44. The zero-order valence-corrected chi connectivity index (χ0v) is 16.4. The second-order valence-corrected chi connectivity index (χ2v) is 9.02. The minimum atomic E-state index is -1.99. The van der Waals surface area contributed by atoms with Crippen molar-refractivity contribution >= 4 is 17.3 Å². The molecule has 1 N–H and O–H groups in total. The first-order valence-electron chi connectivity index (χ1n) is 8.43. The van der Waals surface area contributed by atoms with Gasteiger partial charge in [-0.2, -0.15) is 0 Å². The van der Waals surface area contributed by atoms with E-state index in [1.165, 1.54) is 12.1 Å². The van der Waals surface area contributed by atoms with Crippen molar-refractivity contribution in [2.24, 2.45) is 0 Å². The van der Waals surface area contributed by atoms with E-state index in [0.717, 1.165) is 12.5 Å². The van der Waals surface area contributed by atoms with Crippen molar-refractivity contribution in [2.75, 3.05) is 13.3 Å².